The molecule has 2 aliphatic heterocycles. The highest BCUT2D eigenvalue weighted by atomic mass is 16.2. The third kappa shape index (κ3) is 3.01. The van der Waals surface area contributed by atoms with Gasteiger partial charge in [-0.05, 0) is 54.4 Å². The quantitative estimate of drug-likeness (QED) is 0.736. The number of fused-ring (bicyclic) bond motifs is 1. The maximum atomic E-state index is 13.1. The Morgan fingerprint density at radius 1 is 1.05 bits per heavy atom. The zero-order valence-electron chi connectivity index (χ0n) is 14.0. The molecular weight excluding hydrogens is 250 g/mol. The first-order chi connectivity index (χ1) is 9.12. The Morgan fingerprint density at radius 2 is 1.70 bits per heavy atom. The van der Waals surface area contributed by atoms with Crippen molar-refractivity contribution >= 4 is 5.91 Å². The molecular formula is C16H31N3O. The van der Waals surface area contributed by atoms with Crippen LogP contribution < -0.4 is 5.32 Å². The molecule has 2 heterocycles. The van der Waals surface area contributed by atoms with E-state index in [0.717, 1.165) is 32.5 Å². The highest BCUT2D eigenvalue weighted by Gasteiger charge is 2.45. The lowest BCUT2D eigenvalue weighted by Gasteiger charge is -2.49. The van der Waals surface area contributed by atoms with Crippen LogP contribution in [0.1, 0.15) is 54.4 Å². The van der Waals surface area contributed by atoms with E-state index in [1.165, 1.54) is 0 Å². The highest BCUT2D eigenvalue weighted by molar-refractivity contribution is 5.84. The van der Waals surface area contributed by atoms with Crippen molar-refractivity contribution in [3.63, 3.8) is 0 Å². The van der Waals surface area contributed by atoms with Gasteiger partial charge in [-0.2, -0.15) is 0 Å². The smallest absolute Gasteiger partial charge is 0.241 e. The summed E-state index contributed by atoms with van der Waals surface area (Å²) in [6, 6.07) is 0.299. The molecule has 0 aromatic carbocycles. The second kappa shape index (κ2) is 5.30. The molecule has 2 saturated heterocycles. The molecule has 116 valence electrons. The van der Waals surface area contributed by atoms with Gasteiger partial charge >= 0.3 is 0 Å². The van der Waals surface area contributed by atoms with Crippen LogP contribution in [0.4, 0.5) is 0 Å². The van der Waals surface area contributed by atoms with Gasteiger partial charge in [-0.15, -0.1) is 0 Å². The fourth-order valence-corrected chi connectivity index (χ4v) is 3.56. The van der Waals surface area contributed by atoms with E-state index in [9.17, 15) is 4.79 Å². The average Bonchev–Trinajstić information content (AvgIpc) is 2.47. The molecule has 2 fully saturated rings. The molecule has 2 unspecified atom stereocenters. The van der Waals surface area contributed by atoms with Gasteiger partial charge in [0.25, 0.3) is 0 Å². The summed E-state index contributed by atoms with van der Waals surface area (Å²) in [5.74, 6) is 0.308. The lowest BCUT2D eigenvalue weighted by atomic mass is 9.93. The molecule has 2 aliphatic rings. The predicted octanol–water partition coefficient (Wildman–Crippen LogP) is 1.85. The van der Waals surface area contributed by atoms with E-state index in [2.05, 4.69) is 56.7 Å². The zero-order valence-corrected chi connectivity index (χ0v) is 14.0. The molecule has 0 aliphatic carbocycles. The molecule has 0 aromatic rings. The second-order valence-electron chi connectivity index (χ2n) is 8.17. The molecule has 1 N–H and O–H groups in total. The summed E-state index contributed by atoms with van der Waals surface area (Å²) in [6.07, 6.45) is 2.19. The van der Waals surface area contributed by atoms with Crippen LogP contribution >= 0.6 is 0 Å². The minimum Gasteiger partial charge on any atom is -0.336 e. The van der Waals surface area contributed by atoms with E-state index >= 15 is 0 Å². The third-order valence-electron chi connectivity index (χ3n) is 4.56. The lowest BCUT2D eigenvalue weighted by molar-refractivity contribution is -0.145. The van der Waals surface area contributed by atoms with E-state index in [1.54, 1.807) is 0 Å². The summed E-state index contributed by atoms with van der Waals surface area (Å²) in [5, 5.41) is 3.58. The van der Waals surface area contributed by atoms with Crippen molar-refractivity contribution in [1.82, 2.24) is 15.1 Å². The van der Waals surface area contributed by atoms with Crippen LogP contribution in [0, 0.1) is 0 Å². The maximum absolute atomic E-state index is 13.1. The summed E-state index contributed by atoms with van der Waals surface area (Å²) in [5.41, 5.74) is -0.0540. The fraction of sp³-hybridized carbons (Fsp3) is 0.938. The Balaban J connectivity index is 2.33. The van der Waals surface area contributed by atoms with Crippen LogP contribution in [0.2, 0.25) is 0 Å². The Morgan fingerprint density at radius 3 is 2.25 bits per heavy atom. The fourth-order valence-electron chi connectivity index (χ4n) is 3.56. The predicted molar refractivity (Wildman–Crippen MR) is 82.7 cm³/mol. The summed E-state index contributed by atoms with van der Waals surface area (Å²) in [7, 11) is 0. The number of hydrogen-bond donors (Lipinski definition) is 1. The Bertz CT molecular complexity index is 367. The number of likely N-dealkylation sites (tertiary alicyclic amines) is 1. The lowest BCUT2D eigenvalue weighted by Crippen LogP contribution is -2.67. The number of carbonyl (C=O) groups is 1. The van der Waals surface area contributed by atoms with Crippen molar-refractivity contribution in [3.8, 4) is 0 Å². The monoisotopic (exact) mass is 281 g/mol. The standard InChI is InChI=1S/C16H31N3O/c1-15(2,3)18-11-9-17-12-8-7-10-19(16(4,5)6)14(20)13(12)18/h12-13,17H,7-11H2,1-6H3. The maximum Gasteiger partial charge on any atom is 0.241 e. The topological polar surface area (TPSA) is 35.6 Å². The number of rotatable bonds is 0. The van der Waals surface area contributed by atoms with Gasteiger partial charge < -0.3 is 10.2 Å². The van der Waals surface area contributed by atoms with E-state index in [-0.39, 0.29) is 17.1 Å². The van der Waals surface area contributed by atoms with Gasteiger partial charge in [0.15, 0.2) is 0 Å². The summed E-state index contributed by atoms with van der Waals surface area (Å²) >= 11 is 0. The summed E-state index contributed by atoms with van der Waals surface area (Å²) in [4.78, 5) is 17.6. The van der Waals surface area contributed by atoms with Crippen molar-refractivity contribution < 1.29 is 4.79 Å². The highest BCUT2D eigenvalue weighted by Crippen LogP contribution is 2.29. The van der Waals surface area contributed by atoms with E-state index in [1.807, 2.05) is 0 Å². The van der Waals surface area contributed by atoms with Gasteiger partial charge in [0.2, 0.25) is 5.91 Å². The van der Waals surface area contributed by atoms with Gasteiger partial charge in [-0.1, -0.05) is 0 Å². The van der Waals surface area contributed by atoms with Gasteiger partial charge in [-0.3, -0.25) is 9.69 Å². The first-order valence-electron chi connectivity index (χ1n) is 7.94. The number of carbonyl (C=O) groups excluding carboxylic acids is 1. The summed E-state index contributed by atoms with van der Waals surface area (Å²) < 4.78 is 0. The van der Waals surface area contributed by atoms with Gasteiger partial charge in [0.05, 0.1) is 0 Å². The largest absolute Gasteiger partial charge is 0.336 e. The molecule has 0 saturated carbocycles. The van der Waals surface area contributed by atoms with Gasteiger partial charge in [0, 0.05) is 36.8 Å². The van der Waals surface area contributed by atoms with Crippen molar-refractivity contribution in [2.45, 2.75) is 77.5 Å². The van der Waals surface area contributed by atoms with Crippen molar-refractivity contribution in [1.29, 1.82) is 0 Å². The number of nitrogens with zero attached hydrogens (tertiary/aromatic N) is 2. The molecule has 4 heteroatoms. The molecule has 1 amide bonds. The van der Waals surface area contributed by atoms with Gasteiger partial charge in [-0.25, -0.2) is 0 Å². The Labute approximate surface area is 123 Å². The zero-order chi connectivity index (χ0) is 15.1. The number of nitrogens with one attached hydrogen (secondary N) is 1. The Hall–Kier alpha value is -0.610. The van der Waals surface area contributed by atoms with Crippen LogP contribution in [0.3, 0.4) is 0 Å². The molecule has 2 atom stereocenters. The summed E-state index contributed by atoms with van der Waals surface area (Å²) in [6.45, 7) is 15.9. The van der Waals surface area contributed by atoms with Crippen molar-refractivity contribution in [2.75, 3.05) is 19.6 Å². The van der Waals surface area contributed by atoms with Crippen LogP contribution in [0.5, 0.6) is 0 Å². The molecule has 4 nitrogen and oxygen atoms in total. The minimum absolute atomic E-state index is 0.00882. The normalized spacial score (nSPS) is 30.1. The minimum atomic E-state index is -0.0903. The van der Waals surface area contributed by atoms with Crippen LogP contribution in [0.25, 0.3) is 0 Å². The van der Waals surface area contributed by atoms with E-state index in [0.29, 0.717) is 11.9 Å². The molecule has 0 aromatic heterocycles. The van der Waals surface area contributed by atoms with Crippen LogP contribution in [-0.4, -0.2) is 58.5 Å². The third-order valence-corrected chi connectivity index (χ3v) is 4.56. The van der Waals surface area contributed by atoms with Crippen molar-refractivity contribution in [3.05, 3.63) is 0 Å². The molecule has 20 heavy (non-hydrogen) atoms. The van der Waals surface area contributed by atoms with Crippen LogP contribution in [-0.2, 0) is 4.79 Å². The molecule has 0 bridgehead atoms. The SMILES string of the molecule is CC(C)(C)N1CCCC2NCCN(C(C)(C)C)C2C1=O. The first kappa shape index (κ1) is 15.8. The van der Waals surface area contributed by atoms with Crippen molar-refractivity contribution in [2.24, 2.45) is 0 Å². The van der Waals surface area contributed by atoms with Crippen LogP contribution in [0.15, 0.2) is 0 Å². The molecule has 0 spiro atoms. The molecule has 0 radical (unpaired) electrons. The second-order valence-corrected chi connectivity index (χ2v) is 8.17. The molecule has 2 rings (SSSR count). The number of hydrogen-bond acceptors (Lipinski definition) is 3. The number of amides is 1. The first-order valence-corrected chi connectivity index (χ1v) is 7.94. The van der Waals surface area contributed by atoms with E-state index < -0.39 is 0 Å². The van der Waals surface area contributed by atoms with Gasteiger partial charge in [0.1, 0.15) is 6.04 Å². The average molecular weight is 281 g/mol. The Kier molecular flexibility index (Phi) is 4.18. The van der Waals surface area contributed by atoms with E-state index in [4.69, 9.17) is 0 Å². The number of piperazine rings is 1.